The zero-order valence-electron chi connectivity index (χ0n) is 9.68. The van der Waals surface area contributed by atoms with Gasteiger partial charge in [0.05, 0.1) is 37.2 Å². The van der Waals surface area contributed by atoms with E-state index in [1.807, 2.05) is 14.0 Å². The summed E-state index contributed by atoms with van der Waals surface area (Å²) < 4.78 is 7.10. The minimum atomic E-state index is -0.0363. The second-order valence-corrected chi connectivity index (χ2v) is 4.05. The maximum atomic E-state index is 9.32. The summed E-state index contributed by atoms with van der Waals surface area (Å²) in [7, 11) is 1.86. The lowest BCUT2D eigenvalue weighted by molar-refractivity contribution is 0.0720. The number of aliphatic hydroxyl groups excluding tert-OH is 1. The van der Waals surface area contributed by atoms with Crippen molar-refractivity contribution in [2.45, 2.75) is 13.0 Å². The summed E-state index contributed by atoms with van der Waals surface area (Å²) in [6, 6.07) is -0.0363. The molecule has 1 saturated heterocycles. The van der Waals surface area contributed by atoms with Crippen molar-refractivity contribution in [3.05, 3.63) is 5.69 Å². The molecule has 0 radical (unpaired) electrons. The van der Waals surface area contributed by atoms with Crippen molar-refractivity contribution in [2.75, 3.05) is 37.0 Å². The van der Waals surface area contributed by atoms with Gasteiger partial charge in [0.15, 0.2) is 5.82 Å². The fourth-order valence-corrected chi connectivity index (χ4v) is 2.09. The van der Waals surface area contributed by atoms with Crippen molar-refractivity contribution in [2.24, 2.45) is 7.05 Å². The molecule has 2 heterocycles. The number of nitrogen functional groups attached to an aromatic ring is 1. The van der Waals surface area contributed by atoms with Crippen LogP contribution in [0.4, 0.5) is 11.5 Å². The third-order valence-electron chi connectivity index (χ3n) is 2.95. The largest absolute Gasteiger partial charge is 0.394 e. The van der Waals surface area contributed by atoms with E-state index in [0.29, 0.717) is 18.9 Å². The summed E-state index contributed by atoms with van der Waals surface area (Å²) in [6.45, 7) is 3.85. The quantitative estimate of drug-likeness (QED) is 0.711. The van der Waals surface area contributed by atoms with Gasteiger partial charge in [0.2, 0.25) is 0 Å². The number of aliphatic hydroxyl groups is 1. The van der Waals surface area contributed by atoms with Crippen LogP contribution < -0.4 is 10.6 Å². The molecular formula is C10H18N4O2. The Hall–Kier alpha value is -1.27. The van der Waals surface area contributed by atoms with Crippen LogP contribution in [0.5, 0.6) is 0 Å². The van der Waals surface area contributed by atoms with Gasteiger partial charge in [-0.3, -0.25) is 4.68 Å². The highest BCUT2D eigenvalue weighted by Gasteiger charge is 2.27. The molecular weight excluding hydrogens is 208 g/mol. The topological polar surface area (TPSA) is 76.5 Å². The van der Waals surface area contributed by atoms with Crippen molar-refractivity contribution < 1.29 is 9.84 Å². The first-order valence-corrected chi connectivity index (χ1v) is 5.39. The molecule has 1 aromatic rings. The van der Waals surface area contributed by atoms with Gasteiger partial charge in [-0.25, -0.2) is 0 Å². The average molecular weight is 226 g/mol. The second kappa shape index (κ2) is 4.31. The van der Waals surface area contributed by atoms with E-state index in [-0.39, 0.29) is 12.6 Å². The van der Waals surface area contributed by atoms with E-state index in [1.165, 1.54) is 0 Å². The first kappa shape index (κ1) is 11.2. The Kier molecular flexibility index (Phi) is 3.02. The van der Waals surface area contributed by atoms with Crippen molar-refractivity contribution in [3.8, 4) is 0 Å². The molecule has 1 atom stereocenters. The number of hydrogen-bond donors (Lipinski definition) is 2. The molecule has 0 amide bonds. The van der Waals surface area contributed by atoms with Crippen LogP contribution in [0.2, 0.25) is 0 Å². The van der Waals surface area contributed by atoms with E-state index >= 15 is 0 Å². The average Bonchev–Trinajstić information content (AvgIpc) is 2.53. The number of nitrogens with two attached hydrogens (primary N) is 1. The molecule has 1 aromatic heterocycles. The van der Waals surface area contributed by atoms with Crippen LogP contribution in [0, 0.1) is 6.92 Å². The Morgan fingerprint density at radius 3 is 2.94 bits per heavy atom. The van der Waals surface area contributed by atoms with Gasteiger partial charge in [0.25, 0.3) is 0 Å². The Morgan fingerprint density at radius 1 is 1.62 bits per heavy atom. The number of morpholine rings is 1. The smallest absolute Gasteiger partial charge is 0.150 e. The van der Waals surface area contributed by atoms with Crippen LogP contribution in [0.25, 0.3) is 0 Å². The van der Waals surface area contributed by atoms with Gasteiger partial charge in [-0.05, 0) is 6.92 Å². The first-order valence-electron chi connectivity index (χ1n) is 5.39. The van der Waals surface area contributed by atoms with E-state index in [9.17, 15) is 5.11 Å². The molecule has 1 fully saturated rings. The standard InChI is InChI=1S/C10H18N4O2/c1-7-9(11)10(13(2)12-7)14-3-4-16-6-8(14)5-15/h8,15H,3-6,11H2,1-2H3. The second-order valence-electron chi connectivity index (χ2n) is 4.05. The number of aromatic nitrogens is 2. The highest BCUT2D eigenvalue weighted by atomic mass is 16.5. The molecule has 0 aliphatic carbocycles. The fourth-order valence-electron chi connectivity index (χ4n) is 2.09. The van der Waals surface area contributed by atoms with Crippen LogP contribution >= 0.6 is 0 Å². The summed E-state index contributed by atoms with van der Waals surface area (Å²) in [4.78, 5) is 2.07. The summed E-state index contributed by atoms with van der Waals surface area (Å²) in [5.74, 6) is 0.875. The Bertz CT molecular complexity index is 377. The molecule has 90 valence electrons. The highest BCUT2D eigenvalue weighted by molar-refractivity contribution is 5.66. The Balaban J connectivity index is 2.34. The Morgan fingerprint density at radius 2 is 2.38 bits per heavy atom. The lowest BCUT2D eigenvalue weighted by atomic mass is 10.2. The molecule has 0 saturated carbocycles. The summed E-state index contributed by atoms with van der Waals surface area (Å²) in [6.07, 6.45) is 0. The van der Waals surface area contributed by atoms with Gasteiger partial charge in [-0.15, -0.1) is 0 Å². The predicted octanol–water partition coefficient (Wildman–Crippen LogP) is -0.492. The molecule has 0 aromatic carbocycles. The number of aryl methyl sites for hydroxylation is 2. The molecule has 6 heteroatoms. The number of nitrogens with zero attached hydrogens (tertiary/aromatic N) is 3. The van der Waals surface area contributed by atoms with Gasteiger partial charge in [0, 0.05) is 13.6 Å². The summed E-state index contributed by atoms with van der Waals surface area (Å²) >= 11 is 0. The van der Waals surface area contributed by atoms with Crippen LogP contribution in [0.1, 0.15) is 5.69 Å². The molecule has 0 spiro atoms. The lowest BCUT2D eigenvalue weighted by Crippen LogP contribution is -2.48. The fraction of sp³-hybridized carbons (Fsp3) is 0.700. The van der Waals surface area contributed by atoms with E-state index < -0.39 is 0 Å². The molecule has 0 bridgehead atoms. The third-order valence-corrected chi connectivity index (χ3v) is 2.95. The molecule has 1 aliphatic heterocycles. The van der Waals surface area contributed by atoms with Crippen molar-refractivity contribution in [3.63, 3.8) is 0 Å². The van der Waals surface area contributed by atoms with Crippen molar-refractivity contribution >= 4 is 11.5 Å². The van der Waals surface area contributed by atoms with Crippen LogP contribution in [0.3, 0.4) is 0 Å². The molecule has 1 unspecified atom stereocenters. The van der Waals surface area contributed by atoms with Gasteiger partial charge in [0.1, 0.15) is 0 Å². The zero-order valence-corrected chi connectivity index (χ0v) is 9.68. The zero-order chi connectivity index (χ0) is 11.7. The Labute approximate surface area is 94.6 Å². The maximum absolute atomic E-state index is 9.32. The first-order chi connectivity index (χ1) is 7.65. The molecule has 2 rings (SSSR count). The molecule has 1 aliphatic rings. The van der Waals surface area contributed by atoms with Crippen LogP contribution in [-0.4, -0.2) is 47.3 Å². The van der Waals surface area contributed by atoms with E-state index in [2.05, 4.69) is 10.00 Å². The molecule has 3 N–H and O–H groups in total. The van der Waals surface area contributed by atoms with E-state index in [0.717, 1.165) is 18.1 Å². The SMILES string of the molecule is Cc1nn(C)c(N2CCOCC2CO)c1N. The molecule has 6 nitrogen and oxygen atoms in total. The molecule has 16 heavy (non-hydrogen) atoms. The minimum Gasteiger partial charge on any atom is -0.394 e. The number of rotatable bonds is 2. The number of anilines is 2. The third kappa shape index (κ3) is 1.74. The lowest BCUT2D eigenvalue weighted by Gasteiger charge is -2.36. The van der Waals surface area contributed by atoms with Crippen molar-refractivity contribution in [1.29, 1.82) is 0 Å². The maximum Gasteiger partial charge on any atom is 0.150 e. The number of hydrogen-bond acceptors (Lipinski definition) is 5. The summed E-state index contributed by atoms with van der Waals surface area (Å²) in [5, 5.41) is 13.6. The normalized spacial score (nSPS) is 21.4. The van der Waals surface area contributed by atoms with Gasteiger partial charge < -0.3 is 20.5 Å². The summed E-state index contributed by atoms with van der Waals surface area (Å²) in [5.41, 5.74) is 7.51. The minimum absolute atomic E-state index is 0.0363. The monoisotopic (exact) mass is 226 g/mol. The predicted molar refractivity (Wildman–Crippen MR) is 61.4 cm³/mol. The van der Waals surface area contributed by atoms with Gasteiger partial charge in [-0.1, -0.05) is 0 Å². The van der Waals surface area contributed by atoms with E-state index in [4.69, 9.17) is 10.5 Å². The van der Waals surface area contributed by atoms with Gasteiger partial charge in [-0.2, -0.15) is 5.10 Å². The van der Waals surface area contributed by atoms with E-state index in [1.54, 1.807) is 4.68 Å². The van der Waals surface area contributed by atoms with Crippen molar-refractivity contribution in [1.82, 2.24) is 9.78 Å². The van der Waals surface area contributed by atoms with Gasteiger partial charge >= 0.3 is 0 Å². The number of ether oxygens (including phenoxy) is 1. The van der Waals surface area contributed by atoms with Crippen LogP contribution in [-0.2, 0) is 11.8 Å². The highest BCUT2D eigenvalue weighted by Crippen LogP contribution is 2.28. The van der Waals surface area contributed by atoms with Crippen LogP contribution in [0.15, 0.2) is 0 Å².